The van der Waals surface area contributed by atoms with E-state index in [1.807, 2.05) is 19.9 Å². The maximum Gasteiger partial charge on any atom is 0.365 e. The zero-order valence-corrected chi connectivity index (χ0v) is 24.2. The summed E-state index contributed by atoms with van der Waals surface area (Å²) < 4.78 is 6.08. The number of thioether (sulfide) groups is 1. The Hall–Kier alpha value is -1.34. The van der Waals surface area contributed by atoms with Gasteiger partial charge in [0, 0.05) is 11.5 Å². The number of unbranched alkanes of at least 4 members (excludes halogenated alkanes) is 9. The number of aryl methyl sites for hydroxylation is 2. The van der Waals surface area contributed by atoms with Gasteiger partial charge >= 0.3 is 5.97 Å². The highest BCUT2D eigenvalue weighted by atomic mass is 79.9. The van der Waals surface area contributed by atoms with Crippen molar-refractivity contribution in [1.82, 2.24) is 5.01 Å². The quantitative estimate of drug-likeness (QED) is 0.0735. The molecular weight excluding hydrogens is 512 g/mol. The number of halogens is 1. The van der Waals surface area contributed by atoms with Gasteiger partial charge in [0.2, 0.25) is 11.0 Å². The smallest absolute Gasteiger partial charge is 0.365 e. The Morgan fingerprint density at radius 1 is 0.971 bits per heavy atom. The van der Waals surface area contributed by atoms with Crippen molar-refractivity contribution in [3.63, 3.8) is 0 Å². The molecule has 0 bridgehead atoms. The zero-order chi connectivity index (χ0) is 25.3. The second-order valence-electron chi connectivity index (χ2n) is 8.79. The first-order chi connectivity index (χ1) is 16.3. The lowest BCUT2D eigenvalue weighted by Crippen LogP contribution is -2.27. The number of nitrogens with zero attached hydrogens (tertiary/aromatic N) is 2. The lowest BCUT2D eigenvalue weighted by molar-refractivity contribution is -0.134. The van der Waals surface area contributed by atoms with E-state index in [-0.39, 0.29) is 24.0 Å². The van der Waals surface area contributed by atoms with Crippen LogP contribution in [0.5, 0.6) is 0 Å². The van der Waals surface area contributed by atoms with Crippen LogP contribution in [0.15, 0.2) is 21.7 Å². The third-order valence-electron chi connectivity index (χ3n) is 5.68. The van der Waals surface area contributed by atoms with Crippen LogP contribution in [0.2, 0.25) is 0 Å². The van der Waals surface area contributed by atoms with Gasteiger partial charge < -0.3 is 4.74 Å². The maximum atomic E-state index is 12.8. The third kappa shape index (κ3) is 12.4. The Kier molecular flexibility index (Phi) is 16.2. The number of rotatable bonds is 15. The molecule has 0 spiro atoms. The van der Waals surface area contributed by atoms with Crippen LogP contribution in [-0.2, 0) is 20.7 Å². The van der Waals surface area contributed by atoms with Crippen molar-refractivity contribution >= 4 is 44.6 Å². The molecule has 7 heteroatoms. The molecule has 0 aromatic heterocycles. The summed E-state index contributed by atoms with van der Waals surface area (Å²) in [6.07, 6.45) is 12.9. The molecule has 0 radical (unpaired) electrons. The number of likely N-dealkylation sites (N-methyl/N-ethyl adjacent to an activating group) is 1. The summed E-state index contributed by atoms with van der Waals surface area (Å²) in [7, 11) is 1.60. The van der Waals surface area contributed by atoms with Crippen molar-refractivity contribution in [3.8, 4) is 0 Å². The molecule has 0 N–H and O–H groups in total. The number of ether oxygens (including phenoxy) is 1. The lowest BCUT2D eigenvalue weighted by atomic mass is 10.0. The number of hydrogen-bond donors (Lipinski definition) is 0. The van der Waals surface area contributed by atoms with E-state index in [1.54, 1.807) is 14.0 Å². The van der Waals surface area contributed by atoms with Gasteiger partial charge in [-0.2, -0.15) is 5.10 Å². The molecule has 1 aromatic carbocycles. The molecule has 1 amide bonds. The first-order valence-electron chi connectivity index (χ1n) is 12.7. The van der Waals surface area contributed by atoms with Crippen molar-refractivity contribution in [1.29, 1.82) is 0 Å². The number of carbonyl (C=O) groups is 2. The Labute approximate surface area is 219 Å². The molecule has 192 valence electrons. The first kappa shape index (κ1) is 30.7. The van der Waals surface area contributed by atoms with Gasteiger partial charge in [-0.25, -0.2) is 9.80 Å². The van der Waals surface area contributed by atoms with Crippen LogP contribution in [0.1, 0.15) is 94.7 Å². The Balaban J connectivity index is 2.54. The van der Waals surface area contributed by atoms with Gasteiger partial charge in [-0.05, 0) is 55.7 Å². The number of benzene rings is 1. The Morgan fingerprint density at radius 3 is 2.12 bits per heavy atom. The number of hydrazone groups is 1. The summed E-state index contributed by atoms with van der Waals surface area (Å²) in [6.45, 7) is 8.32. The predicted octanol–water partition coefficient (Wildman–Crippen LogP) is 7.60. The minimum Gasteiger partial charge on any atom is -0.461 e. The molecule has 0 heterocycles. The van der Waals surface area contributed by atoms with Crippen molar-refractivity contribution in [2.24, 2.45) is 5.10 Å². The molecule has 0 atom stereocenters. The van der Waals surface area contributed by atoms with E-state index in [1.165, 1.54) is 68.1 Å². The van der Waals surface area contributed by atoms with Crippen LogP contribution in [-0.4, -0.2) is 41.3 Å². The molecule has 34 heavy (non-hydrogen) atoms. The second kappa shape index (κ2) is 18.0. The average molecular weight is 556 g/mol. The average Bonchev–Trinajstić information content (AvgIpc) is 2.78. The number of carbonyl (C=O) groups excluding carboxylic acids is 2. The number of esters is 1. The van der Waals surface area contributed by atoms with E-state index in [4.69, 9.17) is 4.74 Å². The van der Waals surface area contributed by atoms with Gasteiger partial charge in [0.15, 0.2) is 0 Å². The molecule has 0 aliphatic heterocycles. The zero-order valence-electron chi connectivity index (χ0n) is 21.8. The van der Waals surface area contributed by atoms with Gasteiger partial charge in [0.25, 0.3) is 0 Å². The molecule has 0 aliphatic rings. The third-order valence-corrected chi connectivity index (χ3v) is 7.40. The van der Waals surface area contributed by atoms with Crippen LogP contribution in [0, 0.1) is 13.8 Å². The highest BCUT2D eigenvalue weighted by Crippen LogP contribution is 2.24. The van der Waals surface area contributed by atoms with Gasteiger partial charge in [-0.3, -0.25) is 4.79 Å². The normalized spacial score (nSPS) is 11.5. The van der Waals surface area contributed by atoms with Crippen LogP contribution in [0.25, 0.3) is 0 Å². The Morgan fingerprint density at radius 2 is 1.56 bits per heavy atom. The van der Waals surface area contributed by atoms with Crippen molar-refractivity contribution in [2.75, 3.05) is 19.4 Å². The lowest BCUT2D eigenvalue weighted by Gasteiger charge is -2.15. The molecule has 1 rings (SSSR count). The van der Waals surface area contributed by atoms with Gasteiger partial charge in [-0.15, -0.1) is 0 Å². The fraction of sp³-hybridized carbons (Fsp3) is 0.667. The maximum absolute atomic E-state index is 12.8. The van der Waals surface area contributed by atoms with Crippen molar-refractivity contribution in [2.45, 2.75) is 98.3 Å². The Bertz CT molecular complexity index is 775. The van der Waals surface area contributed by atoms with E-state index < -0.39 is 5.97 Å². The first-order valence-corrected chi connectivity index (χ1v) is 14.5. The van der Waals surface area contributed by atoms with E-state index in [2.05, 4.69) is 34.0 Å². The van der Waals surface area contributed by atoms with Crippen LogP contribution < -0.4 is 0 Å². The molecule has 0 unspecified atom stereocenters. The summed E-state index contributed by atoms with van der Waals surface area (Å²) in [5.41, 5.74) is 3.13. The largest absolute Gasteiger partial charge is 0.461 e. The van der Waals surface area contributed by atoms with E-state index in [0.29, 0.717) is 0 Å². The van der Waals surface area contributed by atoms with Gasteiger partial charge in [0.1, 0.15) is 0 Å². The summed E-state index contributed by atoms with van der Waals surface area (Å²) in [5, 5.41) is 5.84. The monoisotopic (exact) mass is 554 g/mol. The molecule has 0 fully saturated rings. The number of hydrogen-bond acceptors (Lipinski definition) is 5. The van der Waals surface area contributed by atoms with Crippen molar-refractivity contribution < 1.29 is 14.3 Å². The predicted molar refractivity (Wildman–Crippen MR) is 148 cm³/mol. The second-order valence-corrected chi connectivity index (χ2v) is 10.7. The summed E-state index contributed by atoms with van der Waals surface area (Å²) in [5.74, 6) is 0.152. The molecule has 5 nitrogen and oxygen atoms in total. The molecule has 0 saturated carbocycles. The highest BCUT2D eigenvalue weighted by Gasteiger charge is 2.19. The van der Waals surface area contributed by atoms with E-state index in [0.717, 1.165) is 39.8 Å². The summed E-state index contributed by atoms with van der Waals surface area (Å²) >= 11 is 4.94. The van der Waals surface area contributed by atoms with Gasteiger partial charge in [0.05, 0.1) is 13.0 Å². The highest BCUT2D eigenvalue weighted by molar-refractivity contribution is 9.10. The molecular formula is C27H43BrN2O3S. The van der Waals surface area contributed by atoms with E-state index >= 15 is 0 Å². The standard InChI is InChI=1S/C27H43BrN2O3S/c1-6-8-9-10-11-12-13-14-15-16-17-34-26(27(32)33-7-2)29-30(5)25(31)20-23-22(4)18-21(3)19-24(23)28/h18-19H,6-17,20H2,1-5H3. The SMILES string of the molecule is CCCCCCCCCCCCSC(=NN(C)C(=O)Cc1c(C)cc(C)cc1Br)C(=O)OCC. The topological polar surface area (TPSA) is 59.0 Å². The minimum absolute atomic E-state index is 0.172. The van der Waals surface area contributed by atoms with Crippen LogP contribution in [0.3, 0.4) is 0 Å². The molecule has 0 saturated heterocycles. The van der Waals surface area contributed by atoms with E-state index in [9.17, 15) is 9.59 Å². The number of amides is 1. The van der Waals surface area contributed by atoms with Gasteiger partial charge in [-0.1, -0.05) is 98.5 Å². The fourth-order valence-corrected chi connectivity index (χ4v) is 5.42. The van der Waals surface area contributed by atoms with Crippen LogP contribution in [0.4, 0.5) is 0 Å². The van der Waals surface area contributed by atoms with Crippen molar-refractivity contribution in [3.05, 3.63) is 33.3 Å². The van der Waals surface area contributed by atoms with Crippen LogP contribution >= 0.6 is 27.7 Å². The summed E-state index contributed by atoms with van der Waals surface area (Å²) in [4.78, 5) is 25.2. The fourth-order valence-electron chi connectivity index (χ4n) is 3.71. The summed E-state index contributed by atoms with van der Waals surface area (Å²) in [6, 6.07) is 4.06. The molecule has 0 aliphatic carbocycles. The minimum atomic E-state index is -0.466. The molecule has 1 aromatic rings.